The summed E-state index contributed by atoms with van der Waals surface area (Å²) in [6, 6.07) is 6.82. The van der Waals surface area contributed by atoms with Crippen molar-refractivity contribution in [1.29, 1.82) is 0 Å². The van der Waals surface area contributed by atoms with Crippen molar-refractivity contribution < 1.29 is 9.47 Å². The fourth-order valence-electron chi connectivity index (χ4n) is 2.73. The van der Waals surface area contributed by atoms with Crippen molar-refractivity contribution in [1.82, 2.24) is 5.32 Å². The third kappa shape index (κ3) is 1.60. The van der Waals surface area contributed by atoms with Crippen molar-refractivity contribution in [2.45, 2.75) is 25.0 Å². The number of aryl methyl sites for hydroxylation is 1. The number of fused-ring (bicyclic) bond motifs is 3. The Labute approximate surface area is 95.8 Å². The summed E-state index contributed by atoms with van der Waals surface area (Å²) in [5.74, 6) is 0.945. The van der Waals surface area contributed by atoms with Crippen LogP contribution in [0.25, 0.3) is 0 Å². The van der Waals surface area contributed by atoms with Crippen molar-refractivity contribution in [3.05, 3.63) is 29.3 Å². The molecule has 0 spiro atoms. The smallest absolute Gasteiger partial charge is 0.119 e. The van der Waals surface area contributed by atoms with Crippen molar-refractivity contribution in [2.24, 2.45) is 0 Å². The van der Waals surface area contributed by atoms with Crippen LogP contribution >= 0.6 is 0 Å². The van der Waals surface area contributed by atoms with Gasteiger partial charge in [-0.1, -0.05) is 6.07 Å². The molecule has 1 aromatic rings. The maximum absolute atomic E-state index is 5.88. The molecule has 1 aromatic carbocycles. The highest BCUT2D eigenvalue weighted by Crippen LogP contribution is 2.35. The zero-order valence-corrected chi connectivity index (χ0v) is 9.53. The Morgan fingerprint density at radius 1 is 1.44 bits per heavy atom. The molecule has 0 aromatic heterocycles. The molecule has 3 heteroatoms. The number of hydrogen-bond donors (Lipinski definition) is 1. The van der Waals surface area contributed by atoms with E-state index in [-0.39, 0.29) is 6.10 Å². The highest BCUT2D eigenvalue weighted by molar-refractivity contribution is 5.39. The molecule has 0 saturated carbocycles. The second kappa shape index (κ2) is 4.07. The lowest BCUT2D eigenvalue weighted by Gasteiger charge is -2.37. The molecule has 0 unspecified atom stereocenters. The lowest BCUT2D eigenvalue weighted by Crippen LogP contribution is -2.45. The fourth-order valence-corrected chi connectivity index (χ4v) is 2.73. The maximum atomic E-state index is 5.88. The quantitative estimate of drug-likeness (QED) is 0.779. The minimum Gasteiger partial charge on any atom is -0.497 e. The molecule has 3 rings (SSSR count). The van der Waals surface area contributed by atoms with E-state index >= 15 is 0 Å². The summed E-state index contributed by atoms with van der Waals surface area (Å²) in [6.07, 6.45) is 2.51. The molecular weight excluding hydrogens is 202 g/mol. The first-order chi connectivity index (χ1) is 7.88. The molecule has 16 heavy (non-hydrogen) atoms. The average molecular weight is 219 g/mol. The molecule has 2 aliphatic rings. The van der Waals surface area contributed by atoms with Crippen LogP contribution in [0.5, 0.6) is 5.75 Å². The van der Waals surface area contributed by atoms with Gasteiger partial charge >= 0.3 is 0 Å². The Balaban J connectivity index is 1.96. The SMILES string of the molecule is COc1ccc2c(c1)CC[C@H]1NCCO[C@@H]21. The first kappa shape index (κ1) is 10.1. The predicted octanol–water partition coefficient (Wildman–Crippen LogP) is 1.67. The molecule has 1 heterocycles. The summed E-state index contributed by atoms with van der Waals surface area (Å²) in [5, 5.41) is 3.53. The molecule has 1 fully saturated rings. The number of rotatable bonds is 1. The van der Waals surface area contributed by atoms with Gasteiger partial charge in [-0.05, 0) is 36.1 Å². The fraction of sp³-hybridized carbons (Fsp3) is 0.538. The minimum absolute atomic E-state index is 0.239. The van der Waals surface area contributed by atoms with Crippen molar-refractivity contribution >= 4 is 0 Å². The third-order valence-corrected chi connectivity index (χ3v) is 3.55. The third-order valence-electron chi connectivity index (χ3n) is 3.55. The van der Waals surface area contributed by atoms with Gasteiger partial charge in [0.1, 0.15) is 5.75 Å². The predicted molar refractivity (Wildman–Crippen MR) is 61.8 cm³/mol. The van der Waals surface area contributed by atoms with Gasteiger partial charge in [-0.3, -0.25) is 0 Å². The molecule has 0 amide bonds. The van der Waals surface area contributed by atoms with E-state index in [2.05, 4.69) is 17.4 Å². The minimum atomic E-state index is 0.239. The summed E-state index contributed by atoms with van der Waals surface area (Å²) in [4.78, 5) is 0. The Morgan fingerprint density at radius 3 is 3.25 bits per heavy atom. The monoisotopic (exact) mass is 219 g/mol. The average Bonchev–Trinajstić information content (AvgIpc) is 2.38. The van der Waals surface area contributed by atoms with Gasteiger partial charge in [-0.2, -0.15) is 0 Å². The van der Waals surface area contributed by atoms with E-state index in [0.29, 0.717) is 6.04 Å². The van der Waals surface area contributed by atoms with Crippen LogP contribution in [0.15, 0.2) is 18.2 Å². The number of hydrogen-bond acceptors (Lipinski definition) is 3. The van der Waals surface area contributed by atoms with E-state index < -0.39 is 0 Å². The Hall–Kier alpha value is -1.06. The van der Waals surface area contributed by atoms with Crippen LogP contribution in [0, 0.1) is 0 Å². The van der Waals surface area contributed by atoms with Gasteiger partial charge in [0.2, 0.25) is 0 Å². The Morgan fingerprint density at radius 2 is 2.38 bits per heavy atom. The van der Waals surface area contributed by atoms with Crippen LogP contribution in [0.2, 0.25) is 0 Å². The molecular formula is C13H17NO2. The first-order valence-corrected chi connectivity index (χ1v) is 5.90. The summed E-state index contributed by atoms with van der Waals surface area (Å²) >= 11 is 0. The van der Waals surface area contributed by atoms with Crippen LogP contribution in [-0.4, -0.2) is 26.3 Å². The molecule has 1 N–H and O–H groups in total. The Kier molecular flexibility index (Phi) is 2.58. The van der Waals surface area contributed by atoms with Gasteiger partial charge in [0.25, 0.3) is 0 Å². The highest BCUT2D eigenvalue weighted by atomic mass is 16.5. The van der Waals surface area contributed by atoms with Crippen LogP contribution in [0.1, 0.15) is 23.7 Å². The van der Waals surface area contributed by atoms with E-state index in [0.717, 1.165) is 31.7 Å². The summed E-state index contributed by atoms with van der Waals surface area (Å²) in [7, 11) is 1.71. The van der Waals surface area contributed by atoms with E-state index in [1.807, 2.05) is 6.07 Å². The first-order valence-electron chi connectivity index (χ1n) is 5.90. The topological polar surface area (TPSA) is 30.5 Å². The zero-order chi connectivity index (χ0) is 11.0. The van der Waals surface area contributed by atoms with E-state index in [4.69, 9.17) is 9.47 Å². The van der Waals surface area contributed by atoms with Gasteiger partial charge < -0.3 is 14.8 Å². The molecule has 1 aliphatic heterocycles. The van der Waals surface area contributed by atoms with Crippen LogP contribution in [0.4, 0.5) is 0 Å². The van der Waals surface area contributed by atoms with Crippen molar-refractivity contribution in [2.75, 3.05) is 20.3 Å². The molecule has 1 aliphatic carbocycles. The lowest BCUT2D eigenvalue weighted by atomic mass is 9.85. The molecule has 2 atom stereocenters. The second-order valence-electron chi connectivity index (χ2n) is 4.46. The van der Waals surface area contributed by atoms with Crippen LogP contribution < -0.4 is 10.1 Å². The van der Waals surface area contributed by atoms with Gasteiger partial charge in [-0.15, -0.1) is 0 Å². The largest absolute Gasteiger partial charge is 0.497 e. The Bertz CT molecular complexity index is 392. The van der Waals surface area contributed by atoms with Gasteiger partial charge in [0.15, 0.2) is 0 Å². The normalized spacial score (nSPS) is 28.1. The molecule has 0 radical (unpaired) electrons. The highest BCUT2D eigenvalue weighted by Gasteiger charge is 2.32. The van der Waals surface area contributed by atoms with Gasteiger partial charge in [-0.25, -0.2) is 0 Å². The summed E-state index contributed by atoms with van der Waals surface area (Å²) < 4.78 is 11.1. The van der Waals surface area contributed by atoms with Crippen LogP contribution in [-0.2, 0) is 11.2 Å². The number of methoxy groups -OCH3 is 1. The van der Waals surface area contributed by atoms with Gasteiger partial charge in [0, 0.05) is 12.6 Å². The lowest BCUT2D eigenvalue weighted by molar-refractivity contribution is -0.0127. The van der Waals surface area contributed by atoms with Crippen molar-refractivity contribution in [3.63, 3.8) is 0 Å². The van der Waals surface area contributed by atoms with E-state index in [1.165, 1.54) is 11.1 Å². The van der Waals surface area contributed by atoms with Crippen LogP contribution in [0.3, 0.4) is 0 Å². The van der Waals surface area contributed by atoms with E-state index in [1.54, 1.807) is 7.11 Å². The molecule has 0 bridgehead atoms. The standard InChI is InChI=1S/C13H17NO2/c1-15-10-3-4-11-9(8-10)2-5-12-13(11)16-7-6-14-12/h3-4,8,12-14H,2,5-7H2,1H3/t12-,13+/m1/s1. The number of nitrogens with one attached hydrogen (secondary N) is 1. The number of benzene rings is 1. The van der Waals surface area contributed by atoms with E-state index in [9.17, 15) is 0 Å². The van der Waals surface area contributed by atoms with Crippen molar-refractivity contribution in [3.8, 4) is 5.75 Å². The molecule has 1 saturated heterocycles. The molecule has 86 valence electrons. The zero-order valence-electron chi connectivity index (χ0n) is 9.53. The number of ether oxygens (including phenoxy) is 2. The second-order valence-corrected chi connectivity index (χ2v) is 4.46. The molecule has 3 nitrogen and oxygen atoms in total. The maximum Gasteiger partial charge on any atom is 0.119 e. The number of morpholine rings is 1. The summed E-state index contributed by atoms with van der Waals surface area (Å²) in [6.45, 7) is 1.79. The summed E-state index contributed by atoms with van der Waals surface area (Å²) in [5.41, 5.74) is 2.72. The van der Waals surface area contributed by atoms with Gasteiger partial charge in [0.05, 0.1) is 19.8 Å².